The van der Waals surface area contributed by atoms with Crippen molar-refractivity contribution in [3.05, 3.63) is 77.1 Å². The normalized spacial score (nSPS) is 12.8. The van der Waals surface area contributed by atoms with E-state index < -0.39 is 0 Å². The minimum absolute atomic E-state index is 0.279. The highest BCUT2D eigenvalue weighted by Crippen LogP contribution is 2.27. The van der Waals surface area contributed by atoms with E-state index in [1.54, 1.807) is 6.21 Å². The van der Waals surface area contributed by atoms with Gasteiger partial charge in [-0.2, -0.15) is 10.2 Å². The zero-order valence-electron chi connectivity index (χ0n) is 17.2. The van der Waals surface area contributed by atoms with Gasteiger partial charge in [0.2, 0.25) is 0 Å². The fraction of sp³-hybridized carbons (Fsp3) is 0.292. The molecule has 0 spiro atoms. The monoisotopic (exact) mass is 402 g/mol. The van der Waals surface area contributed by atoms with Crippen molar-refractivity contribution in [2.45, 2.75) is 39.0 Å². The quantitative estimate of drug-likeness (QED) is 0.347. The van der Waals surface area contributed by atoms with E-state index in [-0.39, 0.29) is 5.91 Å². The van der Waals surface area contributed by atoms with Gasteiger partial charge in [-0.25, -0.2) is 10.1 Å². The van der Waals surface area contributed by atoms with Gasteiger partial charge in [-0.05, 0) is 67.6 Å². The standard InChI is InChI=1S/C24H26N4O2/c1-2-3-16-30-20-14-12-18(13-15-20)17-25-26-24(29)23-21-10-7-11-22(21)28(27-23)19-8-5-4-6-9-19/h4-6,8-9,12-15,17H,2-3,7,10-11,16H2,1H3,(H,26,29)/b25-17+. The molecule has 0 radical (unpaired) electrons. The van der Waals surface area contributed by atoms with E-state index in [0.29, 0.717) is 5.69 Å². The smallest absolute Gasteiger partial charge is 0.292 e. The second-order valence-corrected chi connectivity index (χ2v) is 7.34. The van der Waals surface area contributed by atoms with Crippen LogP contribution in [0.5, 0.6) is 5.75 Å². The minimum atomic E-state index is -0.279. The molecule has 0 saturated carbocycles. The number of amides is 1. The summed E-state index contributed by atoms with van der Waals surface area (Å²) in [5.41, 5.74) is 7.09. The molecule has 0 saturated heterocycles. The number of para-hydroxylation sites is 1. The van der Waals surface area contributed by atoms with E-state index in [1.807, 2.05) is 59.3 Å². The maximum absolute atomic E-state index is 12.7. The van der Waals surface area contributed by atoms with Crippen LogP contribution in [0.4, 0.5) is 0 Å². The Labute approximate surface area is 176 Å². The van der Waals surface area contributed by atoms with E-state index in [0.717, 1.165) is 67.0 Å². The van der Waals surface area contributed by atoms with Crippen LogP contribution in [0.2, 0.25) is 0 Å². The average molecular weight is 402 g/mol. The Hall–Kier alpha value is -3.41. The lowest BCUT2D eigenvalue weighted by Gasteiger charge is -2.05. The van der Waals surface area contributed by atoms with E-state index in [1.165, 1.54) is 0 Å². The molecule has 0 fully saturated rings. The van der Waals surface area contributed by atoms with Crippen LogP contribution in [0.3, 0.4) is 0 Å². The molecule has 6 heteroatoms. The first-order valence-electron chi connectivity index (χ1n) is 10.5. The largest absolute Gasteiger partial charge is 0.494 e. The molecule has 1 N–H and O–H groups in total. The number of fused-ring (bicyclic) bond motifs is 1. The van der Waals surface area contributed by atoms with Crippen LogP contribution in [0.25, 0.3) is 5.69 Å². The number of ether oxygens (including phenoxy) is 1. The Morgan fingerprint density at radius 2 is 1.97 bits per heavy atom. The van der Waals surface area contributed by atoms with E-state index >= 15 is 0 Å². The number of carbonyl (C=O) groups is 1. The maximum atomic E-state index is 12.7. The molecule has 1 aliphatic carbocycles. The maximum Gasteiger partial charge on any atom is 0.292 e. The third-order valence-electron chi connectivity index (χ3n) is 5.17. The predicted octanol–water partition coefficient (Wildman–Crippen LogP) is 4.30. The Bertz CT molecular complexity index is 1020. The summed E-state index contributed by atoms with van der Waals surface area (Å²) in [6, 6.07) is 17.6. The first-order chi connectivity index (χ1) is 14.8. The number of rotatable bonds is 8. The van der Waals surface area contributed by atoms with E-state index in [2.05, 4.69) is 22.5 Å². The second-order valence-electron chi connectivity index (χ2n) is 7.34. The van der Waals surface area contributed by atoms with Crippen LogP contribution in [-0.4, -0.2) is 28.5 Å². The third-order valence-corrected chi connectivity index (χ3v) is 5.17. The van der Waals surface area contributed by atoms with Gasteiger partial charge in [0.25, 0.3) is 5.91 Å². The molecule has 1 heterocycles. The van der Waals surface area contributed by atoms with Crippen molar-refractivity contribution < 1.29 is 9.53 Å². The number of hydrazone groups is 1. The molecule has 0 unspecified atom stereocenters. The minimum Gasteiger partial charge on any atom is -0.494 e. The van der Waals surface area contributed by atoms with Crippen LogP contribution < -0.4 is 10.2 Å². The first kappa shape index (κ1) is 19.9. The van der Waals surface area contributed by atoms with Gasteiger partial charge in [0.15, 0.2) is 5.69 Å². The zero-order valence-corrected chi connectivity index (χ0v) is 17.2. The number of hydrogen-bond acceptors (Lipinski definition) is 4. The van der Waals surface area contributed by atoms with Gasteiger partial charge in [0.1, 0.15) is 5.75 Å². The SMILES string of the molecule is CCCCOc1ccc(/C=N/NC(=O)c2nn(-c3ccccc3)c3c2CCC3)cc1. The first-order valence-corrected chi connectivity index (χ1v) is 10.5. The fourth-order valence-electron chi connectivity index (χ4n) is 3.61. The topological polar surface area (TPSA) is 68.5 Å². The van der Waals surface area contributed by atoms with Gasteiger partial charge in [-0.15, -0.1) is 0 Å². The van der Waals surface area contributed by atoms with E-state index in [9.17, 15) is 4.79 Å². The number of nitrogens with one attached hydrogen (secondary N) is 1. The number of hydrogen-bond donors (Lipinski definition) is 1. The molecule has 6 nitrogen and oxygen atoms in total. The fourth-order valence-corrected chi connectivity index (χ4v) is 3.61. The average Bonchev–Trinajstić information content (AvgIpc) is 3.38. The van der Waals surface area contributed by atoms with Crippen molar-refractivity contribution in [3.63, 3.8) is 0 Å². The number of aromatic nitrogens is 2. The molecule has 1 aromatic heterocycles. The number of nitrogens with zero attached hydrogens (tertiary/aromatic N) is 3. The Balaban J connectivity index is 1.42. The molecule has 0 atom stereocenters. The summed E-state index contributed by atoms with van der Waals surface area (Å²) >= 11 is 0. The van der Waals surface area contributed by atoms with Crippen LogP contribution in [0.1, 0.15) is 53.5 Å². The zero-order chi connectivity index (χ0) is 20.8. The lowest BCUT2D eigenvalue weighted by Crippen LogP contribution is -2.20. The number of unbranched alkanes of at least 4 members (excludes halogenated alkanes) is 1. The van der Waals surface area contributed by atoms with E-state index in [4.69, 9.17) is 4.74 Å². The molecular weight excluding hydrogens is 376 g/mol. The number of carbonyl (C=O) groups excluding carboxylic acids is 1. The molecule has 30 heavy (non-hydrogen) atoms. The van der Waals surface area contributed by atoms with Gasteiger partial charge in [0, 0.05) is 11.3 Å². The van der Waals surface area contributed by atoms with Crippen LogP contribution in [0.15, 0.2) is 59.7 Å². The summed E-state index contributed by atoms with van der Waals surface area (Å²) in [7, 11) is 0. The van der Waals surface area contributed by atoms with Gasteiger partial charge in [-0.3, -0.25) is 4.79 Å². The van der Waals surface area contributed by atoms with Crippen molar-refractivity contribution in [2.75, 3.05) is 6.61 Å². The number of benzene rings is 2. The van der Waals surface area contributed by atoms with Crippen LogP contribution >= 0.6 is 0 Å². The summed E-state index contributed by atoms with van der Waals surface area (Å²) in [6.07, 6.45) is 6.61. The lowest BCUT2D eigenvalue weighted by atomic mass is 10.2. The molecule has 2 aromatic carbocycles. The summed E-state index contributed by atoms with van der Waals surface area (Å²) < 4.78 is 7.55. The van der Waals surface area contributed by atoms with Gasteiger partial charge >= 0.3 is 0 Å². The molecule has 154 valence electrons. The van der Waals surface area contributed by atoms with Crippen LogP contribution in [0, 0.1) is 0 Å². The van der Waals surface area contributed by atoms with Crippen molar-refractivity contribution in [3.8, 4) is 11.4 Å². The summed E-state index contributed by atoms with van der Waals surface area (Å²) in [5.74, 6) is 0.560. The molecule has 3 aromatic rings. The second kappa shape index (κ2) is 9.39. The van der Waals surface area contributed by atoms with Crippen molar-refractivity contribution in [2.24, 2.45) is 5.10 Å². The van der Waals surface area contributed by atoms with Crippen molar-refractivity contribution >= 4 is 12.1 Å². The molecule has 0 bridgehead atoms. The van der Waals surface area contributed by atoms with Crippen molar-refractivity contribution in [1.82, 2.24) is 15.2 Å². The lowest BCUT2D eigenvalue weighted by molar-refractivity contribution is 0.0949. The molecular formula is C24H26N4O2. The highest BCUT2D eigenvalue weighted by molar-refractivity contribution is 5.95. The Morgan fingerprint density at radius 3 is 2.73 bits per heavy atom. The third kappa shape index (κ3) is 4.43. The molecule has 1 aliphatic rings. The van der Waals surface area contributed by atoms with Crippen molar-refractivity contribution in [1.29, 1.82) is 0 Å². The highest BCUT2D eigenvalue weighted by atomic mass is 16.5. The van der Waals surface area contributed by atoms with Crippen LogP contribution in [-0.2, 0) is 12.8 Å². The van der Waals surface area contributed by atoms with Gasteiger partial charge < -0.3 is 4.74 Å². The van der Waals surface area contributed by atoms with Gasteiger partial charge in [-0.1, -0.05) is 31.5 Å². The molecule has 0 aliphatic heterocycles. The summed E-state index contributed by atoms with van der Waals surface area (Å²) in [6.45, 7) is 2.86. The highest BCUT2D eigenvalue weighted by Gasteiger charge is 2.26. The summed E-state index contributed by atoms with van der Waals surface area (Å²) in [4.78, 5) is 12.7. The Kier molecular flexibility index (Phi) is 6.23. The summed E-state index contributed by atoms with van der Waals surface area (Å²) in [5, 5.41) is 8.70. The predicted molar refractivity (Wildman–Crippen MR) is 117 cm³/mol. The van der Waals surface area contributed by atoms with Gasteiger partial charge in [0.05, 0.1) is 18.5 Å². The molecule has 1 amide bonds. The Morgan fingerprint density at radius 1 is 1.17 bits per heavy atom. The molecule has 4 rings (SSSR count).